The molecule has 0 radical (unpaired) electrons. The van der Waals surface area contributed by atoms with Crippen LogP contribution < -0.4 is 10.6 Å². The first-order chi connectivity index (χ1) is 13.7. The number of fused-ring (bicyclic) bond motifs is 3. The van der Waals surface area contributed by atoms with Gasteiger partial charge in [-0.2, -0.15) is 0 Å². The number of carbonyl (C=O) groups excluding carboxylic acids is 2. The van der Waals surface area contributed by atoms with Crippen LogP contribution in [0.25, 0.3) is 11.0 Å². The van der Waals surface area contributed by atoms with Crippen LogP contribution in [-0.4, -0.2) is 41.8 Å². The Morgan fingerprint density at radius 2 is 2.07 bits per heavy atom. The van der Waals surface area contributed by atoms with Crippen molar-refractivity contribution in [1.82, 2.24) is 14.9 Å². The summed E-state index contributed by atoms with van der Waals surface area (Å²) in [6.45, 7) is 1.23. The fourth-order valence-corrected chi connectivity index (χ4v) is 3.32. The van der Waals surface area contributed by atoms with Crippen LogP contribution in [0.15, 0.2) is 48.5 Å². The van der Waals surface area contributed by atoms with Gasteiger partial charge in [0.2, 0.25) is 0 Å². The number of imidazole rings is 1. The van der Waals surface area contributed by atoms with Crippen molar-refractivity contribution in [3.8, 4) is 0 Å². The molecular weight excluding hydrogens is 360 g/mol. The molecule has 2 heterocycles. The summed E-state index contributed by atoms with van der Waals surface area (Å²) < 4.78 is 12.5. The molecule has 0 saturated heterocycles. The molecular formula is C20H20N4O4. The minimum atomic E-state index is -0.403. The van der Waals surface area contributed by atoms with Gasteiger partial charge in [-0.1, -0.05) is 18.2 Å². The Morgan fingerprint density at radius 3 is 2.86 bits per heavy atom. The van der Waals surface area contributed by atoms with Crippen LogP contribution in [0.3, 0.4) is 0 Å². The van der Waals surface area contributed by atoms with E-state index >= 15 is 0 Å². The van der Waals surface area contributed by atoms with Gasteiger partial charge >= 0.3 is 12.0 Å². The predicted octanol–water partition coefficient (Wildman–Crippen LogP) is 2.72. The second-order valence-corrected chi connectivity index (χ2v) is 6.46. The van der Waals surface area contributed by atoms with E-state index in [1.54, 1.807) is 12.1 Å². The maximum absolute atomic E-state index is 12.2. The highest BCUT2D eigenvalue weighted by Gasteiger charge is 2.25. The molecule has 28 heavy (non-hydrogen) atoms. The first kappa shape index (κ1) is 18.0. The minimum Gasteiger partial charge on any atom is -0.465 e. The maximum Gasteiger partial charge on any atom is 0.337 e. The molecule has 0 unspecified atom stereocenters. The normalized spacial score (nSPS) is 15.7. The number of carbonyl (C=O) groups is 2. The fraction of sp³-hybridized carbons (Fsp3) is 0.250. The number of benzene rings is 2. The minimum absolute atomic E-state index is 0.0979. The third-order valence-electron chi connectivity index (χ3n) is 4.62. The zero-order valence-corrected chi connectivity index (χ0v) is 15.3. The summed E-state index contributed by atoms with van der Waals surface area (Å²) in [6.07, 6.45) is 0. The lowest BCUT2D eigenvalue weighted by molar-refractivity contribution is 0.0573. The second-order valence-electron chi connectivity index (χ2n) is 6.46. The largest absolute Gasteiger partial charge is 0.465 e. The van der Waals surface area contributed by atoms with Gasteiger partial charge in [0.05, 0.1) is 36.4 Å². The summed E-state index contributed by atoms with van der Waals surface area (Å²) in [5, 5.41) is 5.68. The zero-order valence-electron chi connectivity index (χ0n) is 15.3. The van der Waals surface area contributed by atoms with E-state index in [2.05, 4.69) is 20.2 Å². The first-order valence-electron chi connectivity index (χ1n) is 8.92. The van der Waals surface area contributed by atoms with Gasteiger partial charge in [-0.25, -0.2) is 14.6 Å². The van der Waals surface area contributed by atoms with Gasteiger partial charge in [-0.15, -0.1) is 0 Å². The Morgan fingerprint density at radius 1 is 1.25 bits per heavy atom. The number of hydrogen-bond donors (Lipinski definition) is 2. The van der Waals surface area contributed by atoms with E-state index in [1.807, 2.05) is 36.4 Å². The first-order valence-corrected chi connectivity index (χ1v) is 8.92. The number of ether oxygens (including phenoxy) is 2. The Labute approximate surface area is 161 Å². The molecule has 2 N–H and O–H groups in total. The molecule has 0 spiro atoms. The number of aromatic nitrogens is 2. The second kappa shape index (κ2) is 7.69. The number of nitrogens with one attached hydrogen (secondary N) is 2. The third kappa shape index (κ3) is 3.54. The summed E-state index contributed by atoms with van der Waals surface area (Å²) in [5.74, 6) is 0.360. The quantitative estimate of drug-likeness (QED) is 0.679. The summed E-state index contributed by atoms with van der Waals surface area (Å²) in [4.78, 5) is 28.5. The molecule has 3 aromatic rings. The van der Waals surface area contributed by atoms with Crippen LogP contribution in [0.5, 0.6) is 0 Å². The van der Waals surface area contributed by atoms with Crippen LogP contribution in [-0.2, 0) is 16.1 Å². The van der Waals surface area contributed by atoms with Crippen LogP contribution in [0.4, 0.5) is 10.5 Å². The van der Waals surface area contributed by atoms with Crippen molar-refractivity contribution in [2.24, 2.45) is 0 Å². The van der Waals surface area contributed by atoms with Gasteiger partial charge in [0.1, 0.15) is 12.4 Å². The van der Waals surface area contributed by atoms with Crippen LogP contribution >= 0.6 is 0 Å². The number of urea groups is 1. The van der Waals surface area contributed by atoms with Crippen LogP contribution in [0.2, 0.25) is 0 Å². The topological polar surface area (TPSA) is 94.5 Å². The van der Waals surface area contributed by atoms with E-state index in [0.29, 0.717) is 30.8 Å². The molecule has 1 aliphatic heterocycles. The van der Waals surface area contributed by atoms with Crippen LogP contribution in [0, 0.1) is 0 Å². The van der Waals surface area contributed by atoms with Crippen molar-refractivity contribution in [3.05, 3.63) is 59.9 Å². The monoisotopic (exact) mass is 380 g/mol. The van der Waals surface area contributed by atoms with Crippen molar-refractivity contribution in [1.29, 1.82) is 0 Å². The lowest BCUT2D eigenvalue weighted by Gasteiger charge is -2.26. The van der Waals surface area contributed by atoms with E-state index in [1.165, 1.54) is 7.11 Å². The van der Waals surface area contributed by atoms with Crippen molar-refractivity contribution in [3.63, 3.8) is 0 Å². The number of amides is 2. The number of nitrogens with zero attached hydrogens (tertiary/aromatic N) is 2. The molecule has 2 amide bonds. The number of anilines is 1. The molecule has 0 saturated carbocycles. The fourth-order valence-electron chi connectivity index (χ4n) is 3.32. The Bertz CT molecular complexity index is 1020. The van der Waals surface area contributed by atoms with Crippen molar-refractivity contribution < 1.29 is 19.1 Å². The van der Waals surface area contributed by atoms with E-state index in [4.69, 9.17) is 9.47 Å². The summed E-state index contributed by atoms with van der Waals surface area (Å²) in [7, 11) is 1.35. The lowest BCUT2D eigenvalue weighted by Crippen LogP contribution is -2.37. The summed E-state index contributed by atoms with van der Waals surface area (Å²) in [5.41, 5.74) is 2.76. The smallest absolute Gasteiger partial charge is 0.337 e. The van der Waals surface area contributed by atoms with Gasteiger partial charge in [-0.05, 0) is 30.3 Å². The molecule has 0 aliphatic carbocycles. The molecule has 8 heteroatoms. The molecule has 1 aromatic heterocycles. The molecule has 0 bridgehead atoms. The number of rotatable bonds is 4. The Hall–Kier alpha value is -3.39. The molecule has 8 nitrogen and oxygen atoms in total. The van der Waals surface area contributed by atoms with E-state index in [9.17, 15) is 9.59 Å². The number of esters is 1. The SMILES string of the molecule is COC(=O)c1ccc2c(c1)nc1n2[C@@H](CNC(=O)Nc2ccccc2)COC1. The maximum atomic E-state index is 12.2. The molecule has 1 atom stereocenters. The number of para-hydroxylation sites is 1. The third-order valence-corrected chi connectivity index (χ3v) is 4.62. The zero-order chi connectivity index (χ0) is 19.5. The van der Waals surface area contributed by atoms with Crippen LogP contribution in [0.1, 0.15) is 22.2 Å². The van der Waals surface area contributed by atoms with E-state index in [-0.39, 0.29) is 12.1 Å². The summed E-state index contributed by atoms with van der Waals surface area (Å²) in [6, 6.07) is 14.1. The van der Waals surface area contributed by atoms with Gasteiger partial charge in [0.25, 0.3) is 0 Å². The molecule has 144 valence electrons. The molecule has 2 aromatic carbocycles. The highest BCUT2D eigenvalue weighted by molar-refractivity contribution is 5.93. The average Bonchev–Trinajstić information content (AvgIpc) is 3.10. The average molecular weight is 380 g/mol. The highest BCUT2D eigenvalue weighted by atomic mass is 16.5. The van der Waals surface area contributed by atoms with Crippen molar-refractivity contribution >= 4 is 28.7 Å². The number of methoxy groups -OCH3 is 1. The van der Waals surface area contributed by atoms with Crippen molar-refractivity contribution in [2.45, 2.75) is 12.6 Å². The molecule has 1 aliphatic rings. The van der Waals surface area contributed by atoms with Crippen molar-refractivity contribution in [2.75, 3.05) is 25.6 Å². The Balaban J connectivity index is 1.51. The van der Waals surface area contributed by atoms with Gasteiger partial charge in [0.15, 0.2) is 0 Å². The predicted molar refractivity (Wildman–Crippen MR) is 103 cm³/mol. The summed E-state index contributed by atoms with van der Waals surface area (Å²) >= 11 is 0. The number of hydrogen-bond acceptors (Lipinski definition) is 5. The molecule has 0 fully saturated rings. The van der Waals surface area contributed by atoms with Gasteiger partial charge < -0.3 is 24.7 Å². The lowest BCUT2D eigenvalue weighted by atomic mass is 10.2. The standard InChI is InChI=1S/C20H20N4O4/c1-27-19(25)13-7-8-17-16(9-13)23-18-12-28-11-15(24(17)18)10-21-20(26)22-14-5-3-2-4-6-14/h2-9,15H,10-12H2,1H3,(H2,21,22,26)/t15-/m0/s1. The van der Waals surface area contributed by atoms with E-state index < -0.39 is 5.97 Å². The Kier molecular flexibility index (Phi) is 4.94. The van der Waals surface area contributed by atoms with Gasteiger partial charge in [-0.3, -0.25) is 0 Å². The molecule has 4 rings (SSSR count). The van der Waals surface area contributed by atoms with E-state index in [0.717, 1.165) is 17.0 Å². The van der Waals surface area contributed by atoms with Gasteiger partial charge in [0, 0.05) is 12.2 Å². The highest BCUT2D eigenvalue weighted by Crippen LogP contribution is 2.26.